The van der Waals surface area contributed by atoms with E-state index in [0.717, 1.165) is 36.4 Å². The normalized spacial score (nSPS) is 18.1. The van der Waals surface area contributed by atoms with Crippen LogP contribution in [0.15, 0.2) is 72.8 Å². The van der Waals surface area contributed by atoms with Crippen LogP contribution >= 0.6 is 0 Å². The zero-order valence-electron chi connectivity index (χ0n) is 20.7. The molecule has 3 aromatic rings. The maximum absolute atomic E-state index is 14.8. The predicted molar refractivity (Wildman–Crippen MR) is 127 cm³/mol. The number of esters is 1. The van der Waals surface area contributed by atoms with Crippen LogP contribution in [0.3, 0.4) is 0 Å². The van der Waals surface area contributed by atoms with E-state index in [1.54, 1.807) is 0 Å². The molecule has 40 heavy (non-hydrogen) atoms. The minimum absolute atomic E-state index is 0.113. The summed E-state index contributed by atoms with van der Waals surface area (Å²) in [5, 5.41) is 0. The third-order valence-corrected chi connectivity index (χ3v) is 5.75. The number of carbonyl (C=O) groups excluding carboxylic acids is 1. The lowest BCUT2D eigenvalue weighted by molar-refractivity contribution is -0.198. The van der Waals surface area contributed by atoms with Crippen molar-refractivity contribution in [2.45, 2.75) is 25.5 Å². The standard InChI is InChI=1S/C28H21F7O5/c1-2-3-16-14-37-26(38-15-16)18-4-8-19(9-5-18)28(34,35)40-20-10-6-17(7-11-20)25(36)39-21-12-22(29)24(23(30)13-21)27(31,32)33/h2-13,16,26H,14-15H2,1H3/b3-2+. The highest BCUT2D eigenvalue weighted by Crippen LogP contribution is 2.36. The lowest BCUT2D eigenvalue weighted by atomic mass is 10.1. The number of hydrogen-bond acceptors (Lipinski definition) is 5. The van der Waals surface area contributed by atoms with Gasteiger partial charge in [0.15, 0.2) is 6.29 Å². The summed E-state index contributed by atoms with van der Waals surface area (Å²) >= 11 is 0. The molecule has 0 atom stereocenters. The molecular weight excluding hydrogens is 549 g/mol. The first kappa shape index (κ1) is 29.1. The molecule has 0 N–H and O–H groups in total. The first-order chi connectivity index (χ1) is 18.9. The number of halogens is 7. The third kappa shape index (κ3) is 6.80. The molecule has 1 fully saturated rings. The molecule has 0 bridgehead atoms. The van der Waals surface area contributed by atoms with E-state index in [0.29, 0.717) is 18.8 Å². The van der Waals surface area contributed by atoms with E-state index in [9.17, 15) is 35.5 Å². The number of ether oxygens (including phenoxy) is 4. The molecule has 0 aromatic heterocycles. The highest BCUT2D eigenvalue weighted by molar-refractivity contribution is 5.91. The van der Waals surface area contributed by atoms with Crippen LogP contribution in [-0.4, -0.2) is 19.2 Å². The summed E-state index contributed by atoms with van der Waals surface area (Å²) in [5.41, 5.74) is -2.29. The smallest absolute Gasteiger partial charge is 0.426 e. The number of benzene rings is 3. The fraction of sp³-hybridized carbons (Fsp3) is 0.250. The van der Waals surface area contributed by atoms with Gasteiger partial charge in [0.25, 0.3) is 0 Å². The Balaban J connectivity index is 1.38. The van der Waals surface area contributed by atoms with Crippen LogP contribution in [0, 0.1) is 17.6 Å². The fourth-order valence-electron chi connectivity index (χ4n) is 3.84. The zero-order valence-corrected chi connectivity index (χ0v) is 20.7. The average Bonchev–Trinajstić information content (AvgIpc) is 2.88. The number of hydrogen-bond donors (Lipinski definition) is 0. The Bertz CT molecular complexity index is 1340. The van der Waals surface area contributed by atoms with Gasteiger partial charge in [0.1, 0.15) is 28.7 Å². The van der Waals surface area contributed by atoms with Crippen molar-refractivity contribution >= 4 is 5.97 Å². The Morgan fingerprint density at radius 2 is 1.45 bits per heavy atom. The van der Waals surface area contributed by atoms with Gasteiger partial charge < -0.3 is 18.9 Å². The molecule has 0 amide bonds. The number of allylic oxidation sites excluding steroid dienone is 1. The molecule has 1 aliphatic heterocycles. The van der Waals surface area contributed by atoms with Crippen molar-refractivity contribution in [3.05, 3.63) is 107 Å². The maximum Gasteiger partial charge on any atom is 0.426 e. The topological polar surface area (TPSA) is 54.0 Å². The molecule has 212 valence electrons. The number of carbonyl (C=O) groups is 1. The number of rotatable bonds is 7. The van der Waals surface area contributed by atoms with Gasteiger partial charge in [-0.2, -0.15) is 22.0 Å². The summed E-state index contributed by atoms with van der Waals surface area (Å²) in [6.07, 6.45) is -5.89. The largest absolute Gasteiger partial charge is 0.429 e. The van der Waals surface area contributed by atoms with Crippen molar-refractivity contribution in [3.63, 3.8) is 0 Å². The van der Waals surface area contributed by atoms with Gasteiger partial charge >= 0.3 is 18.3 Å². The highest BCUT2D eigenvalue weighted by atomic mass is 19.4. The van der Waals surface area contributed by atoms with Gasteiger partial charge in [-0.3, -0.25) is 0 Å². The second-order valence-corrected chi connectivity index (χ2v) is 8.70. The van der Waals surface area contributed by atoms with E-state index in [-0.39, 0.29) is 29.4 Å². The molecule has 0 spiro atoms. The second kappa shape index (κ2) is 11.7. The average molecular weight is 570 g/mol. The molecule has 1 heterocycles. The van der Waals surface area contributed by atoms with E-state index in [1.165, 1.54) is 12.1 Å². The van der Waals surface area contributed by atoms with Gasteiger partial charge in [0, 0.05) is 23.6 Å². The molecule has 4 rings (SSSR count). The molecule has 3 aromatic carbocycles. The molecule has 0 aliphatic carbocycles. The van der Waals surface area contributed by atoms with Crippen molar-refractivity contribution in [2.75, 3.05) is 13.2 Å². The SMILES string of the molecule is C/C=C/C1COC(c2ccc(C(F)(F)Oc3ccc(C(=O)Oc4cc(F)c(C(F)(F)F)c(F)c4)cc3)cc2)OC1. The summed E-state index contributed by atoms with van der Waals surface area (Å²) in [5.74, 6) is -6.16. The third-order valence-electron chi connectivity index (χ3n) is 5.75. The van der Waals surface area contributed by atoms with Crippen molar-refractivity contribution in [3.8, 4) is 11.5 Å². The molecule has 12 heteroatoms. The molecular formula is C28H21F7O5. The van der Waals surface area contributed by atoms with Gasteiger partial charge in [-0.1, -0.05) is 24.3 Å². The Kier molecular flexibility index (Phi) is 8.50. The minimum atomic E-state index is -5.29. The van der Waals surface area contributed by atoms with Crippen LogP contribution < -0.4 is 9.47 Å². The lowest BCUT2D eigenvalue weighted by Crippen LogP contribution is -2.26. The van der Waals surface area contributed by atoms with Crippen molar-refractivity contribution in [2.24, 2.45) is 5.92 Å². The summed E-state index contributed by atoms with van der Waals surface area (Å²) in [6.45, 7) is 2.74. The Hall–Kier alpha value is -3.90. The highest BCUT2D eigenvalue weighted by Gasteiger charge is 2.38. The summed E-state index contributed by atoms with van der Waals surface area (Å²) in [7, 11) is 0. The van der Waals surface area contributed by atoms with Crippen LogP contribution in [0.2, 0.25) is 0 Å². The van der Waals surface area contributed by atoms with Crippen LogP contribution in [0.4, 0.5) is 30.7 Å². The van der Waals surface area contributed by atoms with Crippen molar-refractivity contribution < 1.29 is 54.5 Å². The molecule has 1 saturated heterocycles. The van der Waals surface area contributed by atoms with E-state index < -0.39 is 53.1 Å². The van der Waals surface area contributed by atoms with Gasteiger partial charge in [0.05, 0.1) is 24.3 Å². The summed E-state index contributed by atoms with van der Waals surface area (Å²) < 4.78 is 116. The monoisotopic (exact) mass is 570 g/mol. The first-order valence-electron chi connectivity index (χ1n) is 11.8. The van der Waals surface area contributed by atoms with Crippen LogP contribution in [0.25, 0.3) is 0 Å². The maximum atomic E-state index is 14.8. The lowest BCUT2D eigenvalue weighted by Gasteiger charge is -2.28. The van der Waals surface area contributed by atoms with Crippen LogP contribution in [0.5, 0.6) is 11.5 Å². The van der Waals surface area contributed by atoms with Gasteiger partial charge in [-0.05, 0) is 43.3 Å². The Labute approximate surface area is 223 Å². The molecule has 0 saturated carbocycles. The van der Waals surface area contributed by atoms with Gasteiger partial charge in [-0.15, -0.1) is 0 Å². The zero-order chi connectivity index (χ0) is 29.1. The second-order valence-electron chi connectivity index (χ2n) is 8.70. The molecule has 0 radical (unpaired) electrons. The number of alkyl halides is 5. The van der Waals surface area contributed by atoms with Crippen molar-refractivity contribution in [1.29, 1.82) is 0 Å². The Morgan fingerprint density at radius 3 is 1.98 bits per heavy atom. The first-order valence-corrected chi connectivity index (χ1v) is 11.8. The van der Waals surface area contributed by atoms with E-state index in [2.05, 4.69) is 0 Å². The van der Waals surface area contributed by atoms with Crippen molar-refractivity contribution in [1.82, 2.24) is 0 Å². The molecule has 5 nitrogen and oxygen atoms in total. The molecule has 0 unspecified atom stereocenters. The quantitative estimate of drug-likeness (QED) is 0.127. The fourth-order valence-corrected chi connectivity index (χ4v) is 3.84. The van der Waals surface area contributed by atoms with E-state index in [1.807, 2.05) is 19.1 Å². The van der Waals surface area contributed by atoms with Crippen LogP contribution in [0.1, 0.15) is 40.3 Å². The predicted octanol–water partition coefficient (Wildman–Crippen LogP) is 7.57. The van der Waals surface area contributed by atoms with Gasteiger partial charge in [-0.25, -0.2) is 13.6 Å². The van der Waals surface area contributed by atoms with E-state index >= 15 is 0 Å². The minimum Gasteiger partial charge on any atom is -0.429 e. The van der Waals surface area contributed by atoms with E-state index in [4.69, 9.17) is 18.9 Å². The molecule has 1 aliphatic rings. The summed E-state index contributed by atoms with van der Waals surface area (Å²) in [6, 6.07) is 9.72. The Morgan fingerprint density at radius 1 is 0.875 bits per heavy atom. The summed E-state index contributed by atoms with van der Waals surface area (Å²) in [4.78, 5) is 12.2. The van der Waals surface area contributed by atoms with Gasteiger partial charge in [0.2, 0.25) is 0 Å². The van der Waals surface area contributed by atoms with Crippen LogP contribution in [-0.2, 0) is 21.8 Å².